The lowest BCUT2D eigenvalue weighted by atomic mass is 10.3. The topological polar surface area (TPSA) is 56.7 Å². The fraction of sp³-hybridized carbons (Fsp3) is 0.400. The second kappa shape index (κ2) is 5.48. The number of hydrogen-bond donors (Lipinski definition) is 0. The van der Waals surface area contributed by atoms with Crippen LogP contribution >= 0.6 is 11.6 Å². The molecule has 110 valence electrons. The molecule has 3 aromatic rings. The van der Waals surface area contributed by atoms with Crippen molar-refractivity contribution in [3.8, 4) is 0 Å². The number of nitrogens with zero attached hydrogens (tertiary/aromatic N) is 4. The number of aromatic nitrogens is 4. The van der Waals surface area contributed by atoms with Crippen LogP contribution < -0.4 is 0 Å². The molecule has 3 heterocycles. The Hall–Kier alpha value is -1.88. The molecule has 0 fully saturated rings. The molecule has 0 saturated carbocycles. The molecule has 0 N–H and O–H groups in total. The van der Waals surface area contributed by atoms with Crippen molar-refractivity contribution < 1.29 is 4.42 Å². The highest BCUT2D eigenvalue weighted by molar-refractivity contribution is 6.17. The molecule has 5 nitrogen and oxygen atoms in total. The van der Waals surface area contributed by atoms with Crippen molar-refractivity contribution in [2.75, 3.05) is 5.88 Å². The molecular formula is C15H17ClN4O. The first-order valence-corrected chi connectivity index (χ1v) is 7.43. The van der Waals surface area contributed by atoms with E-state index in [-0.39, 0.29) is 0 Å². The van der Waals surface area contributed by atoms with Gasteiger partial charge in [-0.25, -0.2) is 15.0 Å². The molecule has 0 aliphatic heterocycles. The number of alkyl halides is 1. The lowest BCUT2D eigenvalue weighted by Gasteiger charge is -2.05. The first kappa shape index (κ1) is 14.1. The first-order valence-electron chi connectivity index (χ1n) is 6.90. The molecule has 3 rings (SSSR count). The Balaban J connectivity index is 2.09. The second-order valence-corrected chi connectivity index (χ2v) is 5.48. The van der Waals surface area contributed by atoms with Gasteiger partial charge in [-0.2, -0.15) is 0 Å². The van der Waals surface area contributed by atoms with Crippen LogP contribution in [0.5, 0.6) is 0 Å². The molecule has 0 bridgehead atoms. The van der Waals surface area contributed by atoms with Gasteiger partial charge in [-0.1, -0.05) is 0 Å². The van der Waals surface area contributed by atoms with E-state index in [1.165, 1.54) is 0 Å². The van der Waals surface area contributed by atoms with Crippen molar-refractivity contribution in [2.24, 2.45) is 0 Å². The van der Waals surface area contributed by atoms with Gasteiger partial charge in [0, 0.05) is 18.0 Å². The van der Waals surface area contributed by atoms with Gasteiger partial charge in [-0.3, -0.25) is 0 Å². The summed E-state index contributed by atoms with van der Waals surface area (Å²) >= 11 is 5.89. The molecule has 0 saturated heterocycles. The third-order valence-electron chi connectivity index (χ3n) is 3.49. The molecule has 0 aliphatic carbocycles. The van der Waals surface area contributed by atoms with Crippen LogP contribution in [0.1, 0.15) is 28.9 Å². The summed E-state index contributed by atoms with van der Waals surface area (Å²) in [6.07, 6.45) is 0.690. The van der Waals surface area contributed by atoms with Crippen LogP contribution in [0.3, 0.4) is 0 Å². The molecule has 0 unspecified atom stereocenters. The predicted molar refractivity (Wildman–Crippen MR) is 81.8 cm³/mol. The second-order valence-electron chi connectivity index (χ2n) is 5.10. The van der Waals surface area contributed by atoms with E-state index >= 15 is 0 Å². The van der Waals surface area contributed by atoms with Gasteiger partial charge in [-0.15, -0.1) is 11.6 Å². The third-order valence-corrected chi connectivity index (χ3v) is 3.68. The van der Waals surface area contributed by atoms with E-state index in [4.69, 9.17) is 16.0 Å². The van der Waals surface area contributed by atoms with Crippen molar-refractivity contribution in [1.82, 2.24) is 19.5 Å². The van der Waals surface area contributed by atoms with Crippen LogP contribution in [-0.4, -0.2) is 25.4 Å². The lowest BCUT2D eigenvalue weighted by Crippen LogP contribution is -2.07. The van der Waals surface area contributed by atoms with Crippen molar-refractivity contribution in [1.29, 1.82) is 0 Å². The van der Waals surface area contributed by atoms with Gasteiger partial charge < -0.3 is 8.98 Å². The van der Waals surface area contributed by atoms with E-state index < -0.39 is 0 Å². The minimum absolute atomic E-state index is 0.520. The molecule has 3 aromatic heterocycles. The van der Waals surface area contributed by atoms with Gasteiger partial charge in [-0.05, 0) is 32.9 Å². The largest absolute Gasteiger partial charge is 0.444 e. The van der Waals surface area contributed by atoms with Crippen LogP contribution in [0.15, 0.2) is 16.5 Å². The zero-order valence-corrected chi connectivity index (χ0v) is 13.1. The summed E-state index contributed by atoms with van der Waals surface area (Å²) in [6.45, 7) is 6.35. The normalized spacial score (nSPS) is 11.4. The summed E-state index contributed by atoms with van der Waals surface area (Å²) in [5, 5.41) is 0. The molecule has 0 radical (unpaired) electrons. The number of fused-ring (bicyclic) bond motifs is 1. The average Bonchev–Trinajstić information content (AvgIpc) is 2.93. The SMILES string of the molecule is Cc1ccc2nc(CCCl)n(Cc3nc(C)c(C)o3)c2n1. The maximum absolute atomic E-state index is 5.89. The highest BCUT2D eigenvalue weighted by Gasteiger charge is 2.15. The minimum atomic E-state index is 0.520. The van der Waals surface area contributed by atoms with Gasteiger partial charge in [0.15, 0.2) is 5.65 Å². The van der Waals surface area contributed by atoms with Crippen LogP contribution in [0, 0.1) is 20.8 Å². The Morgan fingerprint density at radius 3 is 2.62 bits per heavy atom. The third kappa shape index (κ3) is 2.65. The van der Waals surface area contributed by atoms with Gasteiger partial charge >= 0.3 is 0 Å². The van der Waals surface area contributed by atoms with E-state index in [1.54, 1.807) is 0 Å². The highest BCUT2D eigenvalue weighted by Crippen LogP contribution is 2.18. The summed E-state index contributed by atoms with van der Waals surface area (Å²) in [5.74, 6) is 2.94. The van der Waals surface area contributed by atoms with Crippen molar-refractivity contribution in [3.63, 3.8) is 0 Å². The minimum Gasteiger partial charge on any atom is -0.444 e. The van der Waals surface area contributed by atoms with Crippen LogP contribution in [-0.2, 0) is 13.0 Å². The molecule has 0 aliphatic rings. The zero-order chi connectivity index (χ0) is 15.0. The molecule has 21 heavy (non-hydrogen) atoms. The highest BCUT2D eigenvalue weighted by atomic mass is 35.5. The van der Waals surface area contributed by atoms with E-state index in [0.29, 0.717) is 24.7 Å². The number of oxazole rings is 1. The Bertz CT molecular complexity index is 771. The Kier molecular flexibility index (Phi) is 3.68. The number of rotatable bonds is 4. The fourth-order valence-electron chi connectivity index (χ4n) is 2.33. The Labute approximate surface area is 128 Å². The Morgan fingerprint density at radius 1 is 1.14 bits per heavy atom. The molecule has 0 aromatic carbocycles. The Morgan fingerprint density at radius 2 is 1.95 bits per heavy atom. The molecule has 0 atom stereocenters. The van der Waals surface area contributed by atoms with E-state index in [2.05, 4.69) is 15.0 Å². The number of halogens is 1. The smallest absolute Gasteiger partial charge is 0.214 e. The summed E-state index contributed by atoms with van der Waals surface area (Å²) < 4.78 is 7.72. The average molecular weight is 305 g/mol. The van der Waals surface area contributed by atoms with Crippen molar-refractivity contribution in [3.05, 3.63) is 41.0 Å². The van der Waals surface area contributed by atoms with Crippen molar-refractivity contribution >= 4 is 22.8 Å². The van der Waals surface area contributed by atoms with E-state index in [0.717, 1.165) is 34.1 Å². The molecule has 0 spiro atoms. The summed E-state index contributed by atoms with van der Waals surface area (Å²) in [7, 11) is 0. The number of pyridine rings is 1. The van der Waals surface area contributed by atoms with Crippen molar-refractivity contribution in [2.45, 2.75) is 33.7 Å². The van der Waals surface area contributed by atoms with Gasteiger partial charge in [0.2, 0.25) is 5.89 Å². The molecular weight excluding hydrogens is 288 g/mol. The van der Waals surface area contributed by atoms with E-state index in [1.807, 2.05) is 37.5 Å². The summed E-state index contributed by atoms with van der Waals surface area (Å²) in [4.78, 5) is 13.6. The van der Waals surface area contributed by atoms with Crippen LogP contribution in [0.25, 0.3) is 11.2 Å². The lowest BCUT2D eigenvalue weighted by molar-refractivity contribution is 0.455. The monoisotopic (exact) mass is 304 g/mol. The zero-order valence-electron chi connectivity index (χ0n) is 12.4. The number of hydrogen-bond acceptors (Lipinski definition) is 4. The summed E-state index contributed by atoms with van der Waals surface area (Å²) in [5.41, 5.74) is 3.60. The number of imidazole rings is 1. The maximum Gasteiger partial charge on any atom is 0.214 e. The maximum atomic E-state index is 5.89. The van der Waals surface area contributed by atoms with Crippen LogP contribution in [0.4, 0.5) is 0 Å². The standard InChI is InChI=1S/C15H17ClN4O/c1-9-4-5-12-15(17-9)20(13(19-12)6-7-16)8-14-18-10(2)11(3)21-14/h4-5H,6-8H2,1-3H3. The fourth-order valence-corrected chi connectivity index (χ4v) is 2.50. The van der Waals surface area contributed by atoms with Gasteiger partial charge in [0.1, 0.15) is 23.6 Å². The quantitative estimate of drug-likeness (QED) is 0.695. The van der Waals surface area contributed by atoms with Gasteiger partial charge in [0.05, 0.1) is 5.69 Å². The molecule has 0 amide bonds. The first-order chi connectivity index (χ1) is 10.1. The molecule has 6 heteroatoms. The van der Waals surface area contributed by atoms with Crippen LogP contribution in [0.2, 0.25) is 0 Å². The predicted octanol–water partition coefficient (Wildman–Crippen LogP) is 3.17. The summed E-state index contributed by atoms with van der Waals surface area (Å²) in [6, 6.07) is 3.95. The van der Waals surface area contributed by atoms with Gasteiger partial charge in [0.25, 0.3) is 0 Å². The van der Waals surface area contributed by atoms with E-state index in [9.17, 15) is 0 Å². The number of aryl methyl sites for hydroxylation is 4.